The Balaban J connectivity index is 1.38. The van der Waals surface area contributed by atoms with Gasteiger partial charge in [-0.2, -0.15) is 0 Å². The normalized spacial score (nSPS) is 29.4. The summed E-state index contributed by atoms with van der Waals surface area (Å²) >= 11 is 5.87. The molecule has 3 heterocycles. The van der Waals surface area contributed by atoms with E-state index in [4.69, 9.17) is 11.6 Å². The molecule has 0 radical (unpaired) electrons. The minimum atomic E-state index is 0.703. The van der Waals surface area contributed by atoms with Crippen LogP contribution in [-0.2, 0) is 0 Å². The van der Waals surface area contributed by atoms with Gasteiger partial charge in [0, 0.05) is 36.4 Å². The average Bonchev–Trinajstić information content (AvgIpc) is 2.47. The highest BCUT2D eigenvalue weighted by Gasteiger charge is 2.33. The van der Waals surface area contributed by atoms with Gasteiger partial charge < -0.3 is 15.5 Å². The zero-order valence-corrected chi connectivity index (χ0v) is 12.0. The maximum absolute atomic E-state index is 5.87. The Bertz CT molecular complexity index is 398. The Morgan fingerprint density at radius 1 is 1.11 bits per heavy atom. The maximum atomic E-state index is 5.87. The van der Waals surface area contributed by atoms with E-state index in [1.807, 2.05) is 24.3 Å². The third-order valence-electron chi connectivity index (χ3n) is 4.36. The second-order valence-corrected chi connectivity index (χ2v) is 6.07. The summed E-state index contributed by atoms with van der Waals surface area (Å²) in [6.45, 7) is 5.85. The highest BCUT2D eigenvalue weighted by atomic mass is 35.5. The van der Waals surface area contributed by atoms with Gasteiger partial charge in [0.05, 0.1) is 0 Å². The minimum absolute atomic E-state index is 0.703. The van der Waals surface area contributed by atoms with Crippen LogP contribution in [0.15, 0.2) is 24.3 Å². The van der Waals surface area contributed by atoms with Crippen LogP contribution < -0.4 is 10.6 Å². The van der Waals surface area contributed by atoms with Gasteiger partial charge in [-0.25, -0.2) is 0 Å². The Morgan fingerprint density at radius 2 is 1.84 bits per heavy atom. The van der Waals surface area contributed by atoms with E-state index in [2.05, 4.69) is 15.5 Å². The molecule has 3 aliphatic rings. The second-order valence-electron chi connectivity index (χ2n) is 5.63. The van der Waals surface area contributed by atoms with Crippen LogP contribution in [0.1, 0.15) is 12.8 Å². The molecule has 3 saturated heterocycles. The van der Waals surface area contributed by atoms with Gasteiger partial charge in [0.25, 0.3) is 0 Å². The quantitative estimate of drug-likeness (QED) is 0.811. The molecule has 0 aromatic heterocycles. The van der Waals surface area contributed by atoms with Crippen molar-refractivity contribution < 1.29 is 0 Å². The van der Waals surface area contributed by atoms with Gasteiger partial charge in [-0.05, 0) is 56.1 Å². The number of rotatable bonds is 5. The van der Waals surface area contributed by atoms with Crippen molar-refractivity contribution in [3.05, 3.63) is 29.3 Å². The zero-order chi connectivity index (χ0) is 13.1. The van der Waals surface area contributed by atoms with Crippen LogP contribution in [0.5, 0.6) is 0 Å². The Hall–Kier alpha value is -0.770. The second kappa shape index (κ2) is 6.12. The van der Waals surface area contributed by atoms with Crippen molar-refractivity contribution in [1.82, 2.24) is 10.2 Å². The van der Waals surface area contributed by atoms with Crippen molar-refractivity contribution in [1.29, 1.82) is 0 Å². The third kappa shape index (κ3) is 3.41. The molecule has 0 aliphatic carbocycles. The zero-order valence-electron chi connectivity index (χ0n) is 11.2. The molecule has 4 heteroatoms. The molecule has 3 fully saturated rings. The monoisotopic (exact) mass is 279 g/mol. The molecule has 4 rings (SSSR count). The van der Waals surface area contributed by atoms with Crippen LogP contribution in [0.3, 0.4) is 0 Å². The van der Waals surface area contributed by atoms with Crippen molar-refractivity contribution in [2.75, 3.05) is 38.0 Å². The van der Waals surface area contributed by atoms with Gasteiger partial charge in [-0.3, -0.25) is 0 Å². The summed E-state index contributed by atoms with van der Waals surface area (Å²) in [6, 6.07) is 8.59. The molecule has 2 bridgehead atoms. The number of nitrogens with one attached hydrogen (secondary N) is 2. The molecule has 1 aromatic rings. The fourth-order valence-corrected chi connectivity index (χ4v) is 3.35. The highest BCUT2D eigenvalue weighted by Crippen LogP contribution is 2.27. The molecular weight excluding hydrogens is 258 g/mol. The molecule has 1 atom stereocenters. The van der Waals surface area contributed by atoms with E-state index in [0.29, 0.717) is 6.04 Å². The lowest BCUT2D eigenvalue weighted by Gasteiger charge is -2.45. The highest BCUT2D eigenvalue weighted by molar-refractivity contribution is 6.30. The SMILES string of the molecule is Clc1ccc(NCCN[C@@H]2CN3CCC2CC3)cc1. The number of hydrogen-bond acceptors (Lipinski definition) is 3. The standard InChI is InChI=1S/C15H22ClN3/c16-13-1-3-14(4-2-13)17-7-8-18-15-11-19-9-5-12(15)6-10-19/h1-4,12,15,17-18H,5-11H2/t15-/m1/s1. The first kappa shape index (κ1) is 13.2. The lowest BCUT2D eigenvalue weighted by molar-refractivity contribution is 0.0735. The molecule has 3 nitrogen and oxygen atoms in total. The van der Waals surface area contributed by atoms with Crippen LogP contribution in [0, 0.1) is 5.92 Å². The van der Waals surface area contributed by atoms with Gasteiger partial charge in [0.15, 0.2) is 0 Å². The van der Waals surface area contributed by atoms with Crippen molar-refractivity contribution in [2.45, 2.75) is 18.9 Å². The molecule has 2 N–H and O–H groups in total. The van der Waals surface area contributed by atoms with Crippen LogP contribution in [0.4, 0.5) is 5.69 Å². The predicted octanol–water partition coefficient (Wildman–Crippen LogP) is 2.44. The number of benzene rings is 1. The van der Waals surface area contributed by atoms with Gasteiger partial charge in [-0.15, -0.1) is 0 Å². The number of nitrogens with zero attached hydrogens (tertiary/aromatic N) is 1. The van der Waals surface area contributed by atoms with Gasteiger partial charge in [0.2, 0.25) is 0 Å². The first-order valence-corrected chi connectivity index (χ1v) is 7.64. The van der Waals surface area contributed by atoms with Crippen LogP contribution >= 0.6 is 11.6 Å². The van der Waals surface area contributed by atoms with E-state index < -0.39 is 0 Å². The van der Waals surface area contributed by atoms with Gasteiger partial charge in [-0.1, -0.05) is 11.6 Å². The summed E-state index contributed by atoms with van der Waals surface area (Å²) in [6.07, 6.45) is 2.75. The Labute approximate surface area is 120 Å². The van der Waals surface area contributed by atoms with Gasteiger partial charge in [0.1, 0.15) is 0 Å². The lowest BCUT2D eigenvalue weighted by Crippen LogP contribution is -2.56. The summed E-state index contributed by atoms with van der Waals surface area (Å²) in [5, 5.41) is 7.91. The number of piperidine rings is 3. The molecule has 0 spiro atoms. The summed E-state index contributed by atoms with van der Waals surface area (Å²) < 4.78 is 0. The first-order valence-electron chi connectivity index (χ1n) is 7.26. The van der Waals surface area contributed by atoms with Crippen LogP contribution in [-0.4, -0.2) is 43.7 Å². The van der Waals surface area contributed by atoms with Gasteiger partial charge >= 0.3 is 0 Å². The number of fused-ring (bicyclic) bond motifs is 3. The summed E-state index contributed by atoms with van der Waals surface area (Å²) in [5.41, 5.74) is 1.14. The van der Waals surface area contributed by atoms with E-state index in [1.165, 1.54) is 32.5 Å². The van der Waals surface area contributed by atoms with E-state index in [1.54, 1.807) is 0 Å². The van der Waals surface area contributed by atoms with Crippen molar-refractivity contribution in [3.63, 3.8) is 0 Å². The lowest BCUT2D eigenvalue weighted by atomic mass is 9.84. The molecule has 0 amide bonds. The first-order chi connectivity index (χ1) is 9.31. The summed E-state index contributed by atoms with van der Waals surface area (Å²) in [4.78, 5) is 2.59. The predicted molar refractivity (Wildman–Crippen MR) is 80.9 cm³/mol. The fraction of sp³-hybridized carbons (Fsp3) is 0.600. The Kier molecular flexibility index (Phi) is 4.26. The average molecular weight is 280 g/mol. The summed E-state index contributed by atoms with van der Waals surface area (Å²) in [5.74, 6) is 0.903. The van der Waals surface area contributed by atoms with Crippen LogP contribution in [0.2, 0.25) is 5.02 Å². The molecule has 0 saturated carbocycles. The molecule has 1 aromatic carbocycles. The molecule has 104 valence electrons. The minimum Gasteiger partial charge on any atom is -0.384 e. The van der Waals surface area contributed by atoms with Crippen molar-refractivity contribution >= 4 is 17.3 Å². The largest absolute Gasteiger partial charge is 0.384 e. The third-order valence-corrected chi connectivity index (χ3v) is 4.61. The topological polar surface area (TPSA) is 27.3 Å². The van der Waals surface area contributed by atoms with Crippen LogP contribution in [0.25, 0.3) is 0 Å². The van der Waals surface area contributed by atoms with E-state index in [-0.39, 0.29) is 0 Å². The number of halogens is 1. The molecular formula is C15H22ClN3. The molecule has 19 heavy (non-hydrogen) atoms. The van der Waals surface area contributed by atoms with Crippen molar-refractivity contribution in [3.8, 4) is 0 Å². The smallest absolute Gasteiger partial charge is 0.0407 e. The Morgan fingerprint density at radius 3 is 2.47 bits per heavy atom. The number of hydrogen-bond donors (Lipinski definition) is 2. The number of anilines is 1. The van der Waals surface area contributed by atoms with Crippen molar-refractivity contribution in [2.24, 2.45) is 5.92 Å². The summed E-state index contributed by atoms with van der Waals surface area (Å²) in [7, 11) is 0. The molecule has 0 unspecified atom stereocenters. The van der Waals surface area contributed by atoms with E-state index >= 15 is 0 Å². The fourth-order valence-electron chi connectivity index (χ4n) is 3.23. The maximum Gasteiger partial charge on any atom is 0.0407 e. The molecule has 3 aliphatic heterocycles. The van der Waals surface area contributed by atoms with E-state index in [0.717, 1.165) is 29.7 Å². The van der Waals surface area contributed by atoms with E-state index in [9.17, 15) is 0 Å².